The molecule has 0 rings (SSSR count). The molecule has 0 saturated carbocycles. The van der Waals surface area contributed by atoms with Gasteiger partial charge in [-0.2, -0.15) is 0 Å². The number of hydrogen-bond donors (Lipinski definition) is 0. The van der Waals surface area contributed by atoms with E-state index >= 15 is 0 Å². The molecule has 104 valence electrons. The van der Waals surface area contributed by atoms with Gasteiger partial charge in [0.05, 0.1) is 14.2 Å². The second-order valence-electron chi connectivity index (χ2n) is 4.68. The van der Waals surface area contributed by atoms with E-state index in [9.17, 15) is 14.4 Å². The summed E-state index contributed by atoms with van der Waals surface area (Å²) in [5.74, 6) is -1.71. The third kappa shape index (κ3) is 2.54. The zero-order valence-electron chi connectivity index (χ0n) is 12.0. The highest BCUT2D eigenvalue weighted by atomic mass is 16.5. The van der Waals surface area contributed by atoms with Crippen LogP contribution in [-0.2, 0) is 23.9 Å². The zero-order chi connectivity index (χ0) is 14.6. The van der Waals surface area contributed by atoms with E-state index in [0.29, 0.717) is 0 Å². The minimum Gasteiger partial charge on any atom is -0.468 e. The Hall–Kier alpha value is -1.39. The number of ether oxygens (including phenoxy) is 2. The molecule has 5 heteroatoms. The molecule has 0 fully saturated rings. The third-order valence-corrected chi connectivity index (χ3v) is 3.69. The Labute approximate surface area is 108 Å². The van der Waals surface area contributed by atoms with E-state index < -0.39 is 28.6 Å². The van der Waals surface area contributed by atoms with Gasteiger partial charge in [-0.15, -0.1) is 0 Å². The highest BCUT2D eigenvalue weighted by Gasteiger charge is 2.52. The molecule has 0 aromatic carbocycles. The van der Waals surface area contributed by atoms with Gasteiger partial charge in [-0.05, 0) is 26.7 Å². The number of rotatable bonds is 6. The van der Waals surface area contributed by atoms with E-state index in [4.69, 9.17) is 0 Å². The van der Waals surface area contributed by atoms with Gasteiger partial charge in [0, 0.05) is 0 Å². The highest BCUT2D eigenvalue weighted by molar-refractivity contribution is 6.14. The maximum atomic E-state index is 12.5. The Morgan fingerprint density at radius 3 is 1.28 bits per heavy atom. The molecule has 0 aliphatic carbocycles. The summed E-state index contributed by atoms with van der Waals surface area (Å²) in [6.45, 7) is 6.42. The molecule has 2 atom stereocenters. The van der Waals surface area contributed by atoms with Gasteiger partial charge < -0.3 is 9.47 Å². The monoisotopic (exact) mass is 258 g/mol. The van der Waals surface area contributed by atoms with Crippen molar-refractivity contribution >= 4 is 17.7 Å². The Kier molecular flexibility index (Phi) is 5.52. The van der Waals surface area contributed by atoms with E-state index in [1.54, 1.807) is 13.8 Å². The van der Waals surface area contributed by atoms with Crippen molar-refractivity contribution in [2.45, 2.75) is 40.5 Å². The van der Waals surface area contributed by atoms with Crippen LogP contribution in [0.15, 0.2) is 0 Å². The molecule has 0 saturated heterocycles. The predicted molar refractivity (Wildman–Crippen MR) is 65.8 cm³/mol. The van der Waals surface area contributed by atoms with Crippen LogP contribution in [0.3, 0.4) is 0 Å². The maximum absolute atomic E-state index is 12.5. The first kappa shape index (κ1) is 16.6. The first-order chi connectivity index (χ1) is 8.24. The van der Waals surface area contributed by atoms with E-state index in [1.165, 1.54) is 28.1 Å². The smallest absolute Gasteiger partial charge is 0.319 e. The van der Waals surface area contributed by atoms with Crippen molar-refractivity contribution in [1.82, 2.24) is 0 Å². The molecule has 2 unspecified atom stereocenters. The van der Waals surface area contributed by atoms with Gasteiger partial charge in [-0.3, -0.25) is 14.4 Å². The number of methoxy groups -OCH3 is 2. The van der Waals surface area contributed by atoms with Crippen molar-refractivity contribution in [3.8, 4) is 0 Å². The summed E-state index contributed by atoms with van der Waals surface area (Å²) >= 11 is 0. The van der Waals surface area contributed by atoms with Crippen LogP contribution in [0.1, 0.15) is 40.5 Å². The lowest BCUT2D eigenvalue weighted by molar-refractivity contribution is -0.167. The van der Waals surface area contributed by atoms with Crippen LogP contribution in [0, 0.1) is 10.8 Å². The van der Waals surface area contributed by atoms with E-state index in [2.05, 4.69) is 9.47 Å². The Balaban J connectivity index is 5.58. The third-order valence-electron chi connectivity index (χ3n) is 3.69. The van der Waals surface area contributed by atoms with E-state index in [1.807, 2.05) is 0 Å². The number of Topliss-reactive ketones (excluding diaryl/α,β-unsaturated/α-hetero) is 1. The van der Waals surface area contributed by atoms with Crippen LogP contribution < -0.4 is 0 Å². The first-order valence-electron chi connectivity index (χ1n) is 5.96. The van der Waals surface area contributed by atoms with Crippen LogP contribution in [-0.4, -0.2) is 31.9 Å². The topological polar surface area (TPSA) is 69.7 Å². The minimum atomic E-state index is -1.33. The second kappa shape index (κ2) is 5.98. The summed E-state index contributed by atoms with van der Waals surface area (Å²) in [6.07, 6.45) is 0.538. The molecule has 0 aromatic rings. The lowest BCUT2D eigenvalue weighted by Gasteiger charge is -2.33. The van der Waals surface area contributed by atoms with E-state index in [0.717, 1.165) is 0 Å². The van der Waals surface area contributed by atoms with Gasteiger partial charge in [0.25, 0.3) is 0 Å². The largest absolute Gasteiger partial charge is 0.468 e. The average molecular weight is 258 g/mol. The van der Waals surface area contributed by atoms with Gasteiger partial charge in [0.15, 0.2) is 5.78 Å². The van der Waals surface area contributed by atoms with Crippen LogP contribution in [0.25, 0.3) is 0 Å². The fraction of sp³-hybridized carbons (Fsp3) is 0.769. The Bertz CT molecular complexity index is 317. The number of ketones is 1. The Morgan fingerprint density at radius 1 is 0.833 bits per heavy atom. The molecule has 18 heavy (non-hydrogen) atoms. The van der Waals surface area contributed by atoms with Crippen LogP contribution in [0.4, 0.5) is 0 Å². The van der Waals surface area contributed by atoms with Crippen molar-refractivity contribution < 1.29 is 23.9 Å². The summed E-state index contributed by atoms with van der Waals surface area (Å²) < 4.78 is 9.34. The lowest BCUT2D eigenvalue weighted by atomic mass is 9.69. The van der Waals surface area contributed by atoms with Crippen molar-refractivity contribution in [2.75, 3.05) is 14.2 Å². The van der Waals surface area contributed by atoms with Crippen LogP contribution >= 0.6 is 0 Å². The average Bonchev–Trinajstić information content (AvgIpc) is 2.42. The quantitative estimate of drug-likeness (QED) is 0.536. The summed E-state index contributed by atoms with van der Waals surface area (Å²) in [7, 11) is 2.45. The van der Waals surface area contributed by atoms with Gasteiger partial charge in [-0.1, -0.05) is 13.8 Å². The zero-order valence-corrected chi connectivity index (χ0v) is 12.0. The summed E-state index contributed by atoms with van der Waals surface area (Å²) in [5, 5.41) is 0. The standard InChI is InChI=1S/C13H22O5/c1-7-12(3,10(15)17-5)9(14)13(4,8-2)11(16)18-6/h7-8H2,1-6H3. The summed E-state index contributed by atoms with van der Waals surface area (Å²) in [5.41, 5.74) is -2.65. The molecular weight excluding hydrogens is 236 g/mol. The molecular formula is C13H22O5. The summed E-state index contributed by atoms with van der Waals surface area (Å²) in [6, 6.07) is 0. The highest BCUT2D eigenvalue weighted by Crippen LogP contribution is 2.37. The van der Waals surface area contributed by atoms with Gasteiger partial charge >= 0.3 is 11.9 Å². The fourth-order valence-corrected chi connectivity index (χ4v) is 1.85. The number of esters is 2. The fourth-order valence-electron chi connectivity index (χ4n) is 1.85. The number of hydrogen-bond acceptors (Lipinski definition) is 5. The minimum absolute atomic E-state index is 0.269. The molecule has 5 nitrogen and oxygen atoms in total. The number of carbonyl (C=O) groups excluding carboxylic acids is 3. The van der Waals surface area contributed by atoms with Crippen molar-refractivity contribution in [1.29, 1.82) is 0 Å². The molecule has 0 N–H and O–H groups in total. The predicted octanol–water partition coefficient (Wildman–Crippen LogP) is 1.73. The van der Waals surface area contributed by atoms with Gasteiger partial charge in [0.2, 0.25) is 0 Å². The first-order valence-corrected chi connectivity index (χ1v) is 5.96. The Morgan fingerprint density at radius 2 is 1.11 bits per heavy atom. The summed E-state index contributed by atoms with van der Waals surface area (Å²) in [4.78, 5) is 36.1. The number of carbonyl (C=O) groups is 3. The molecule has 0 bridgehead atoms. The van der Waals surface area contributed by atoms with Gasteiger partial charge in [0.1, 0.15) is 10.8 Å². The second-order valence-corrected chi connectivity index (χ2v) is 4.68. The van der Waals surface area contributed by atoms with Crippen LogP contribution in [0.5, 0.6) is 0 Å². The van der Waals surface area contributed by atoms with Crippen molar-refractivity contribution in [3.05, 3.63) is 0 Å². The molecule has 0 radical (unpaired) electrons. The molecule has 0 amide bonds. The van der Waals surface area contributed by atoms with Crippen molar-refractivity contribution in [3.63, 3.8) is 0 Å². The molecule has 0 heterocycles. The molecule has 0 aliphatic rings. The SMILES string of the molecule is CCC(C)(C(=O)OC)C(=O)C(C)(CC)C(=O)OC. The maximum Gasteiger partial charge on any atom is 0.319 e. The molecule has 0 aromatic heterocycles. The normalized spacial score (nSPS) is 17.2. The lowest BCUT2D eigenvalue weighted by Crippen LogP contribution is -2.49. The van der Waals surface area contributed by atoms with Crippen LogP contribution in [0.2, 0.25) is 0 Å². The molecule has 0 aliphatic heterocycles. The molecule has 0 spiro atoms. The van der Waals surface area contributed by atoms with Crippen molar-refractivity contribution in [2.24, 2.45) is 10.8 Å². The van der Waals surface area contributed by atoms with E-state index in [-0.39, 0.29) is 12.8 Å². The van der Waals surface area contributed by atoms with Gasteiger partial charge in [-0.25, -0.2) is 0 Å².